The number of thioether (sulfide) groups is 1. The van der Waals surface area contributed by atoms with E-state index in [1.807, 2.05) is 0 Å². The van der Waals surface area contributed by atoms with Gasteiger partial charge in [0.25, 0.3) is 0 Å². The van der Waals surface area contributed by atoms with Gasteiger partial charge in [-0.25, -0.2) is 0 Å². The molecule has 2 aliphatic carbocycles. The smallest absolute Gasteiger partial charge is 0.00391 e. The standard InChI is InChI=1S/C29H57NS/c1-7-23(4)29(28-11-8-10-21(2)19-28)12-9-16-31-17-15-27(25(6)30)20-24(5)26-14-13-22(3)18-26/h21-29H,7-20,30H2,1-6H3. The molecule has 0 heterocycles. The Bertz CT molecular complexity index is 464. The maximum Gasteiger partial charge on any atom is 0.00391 e. The number of rotatable bonds is 14. The third-order valence-electron chi connectivity index (χ3n) is 9.37. The van der Waals surface area contributed by atoms with E-state index in [9.17, 15) is 0 Å². The van der Waals surface area contributed by atoms with Gasteiger partial charge in [-0.2, -0.15) is 11.8 Å². The molecule has 2 heteroatoms. The summed E-state index contributed by atoms with van der Waals surface area (Å²) in [5.41, 5.74) is 6.42. The largest absolute Gasteiger partial charge is 0.328 e. The first-order valence-electron chi connectivity index (χ1n) is 14.1. The zero-order valence-electron chi connectivity index (χ0n) is 22.1. The van der Waals surface area contributed by atoms with E-state index in [-0.39, 0.29) is 0 Å². The quantitative estimate of drug-likeness (QED) is 0.267. The monoisotopic (exact) mass is 451 g/mol. The van der Waals surface area contributed by atoms with Crippen LogP contribution in [0.25, 0.3) is 0 Å². The van der Waals surface area contributed by atoms with Crippen LogP contribution in [0.3, 0.4) is 0 Å². The van der Waals surface area contributed by atoms with Gasteiger partial charge in [0.2, 0.25) is 0 Å². The second kappa shape index (κ2) is 14.5. The van der Waals surface area contributed by atoms with Crippen LogP contribution in [-0.4, -0.2) is 17.5 Å². The summed E-state index contributed by atoms with van der Waals surface area (Å²) in [6, 6.07) is 0.352. The lowest BCUT2D eigenvalue weighted by Gasteiger charge is -2.36. The molecule has 9 atom stereocenters. The van der Waals surface area contributed by atoms with E-state index in [0.29, 0.717) is 6.04 Å². The molecule has 2 aliphatic rings. The fraction of sp³-hybridized carbons (Fsp3) is 1.00. The zero-order chi connectivity index (χ0) is 22.8. The Hall–Kier alpha value is 0.310. The molecule has 2 saturated carbocycles. The molecule has 0 amide bonds. The second-order valence-electron chi connectivity index (χ2n) is 12.1. The molecule has 184 valence electrons. The van der Waals surface area contributed by atoms with E-state index in [1.54, 1.807) is 0 Å². The molecule has 1 nitrogen and oxygen atoms in total. The lowest BCUT2D eigenvalue weighted by molar-refractivity contribution is 0.145. The molecular formula is C29H57NS. The van der Waals surface area contributed by atoms with Gasteiger partial charge in [0.15, 0.2) is 0 Å². The highest BCUT2D eigenvalue weighted by Crippen LogP contribution is 2.40. The van der Waals surface area contributed by atoms with Crippen molar-refractivity contribution in [3.8, 4) is 0 Å². The van der Waals surface area contributed by atoms with Crippen molar-refractivity contribution in [1.29, 1.82) is 0 Å². The van der Waals surface area contributed by atoms with Crippen LogP contribution in [0.2, 0.25) is 0 Å². The Balaban J connectivity index is 1.67. The molecule has 0 aromatic carbocycles. The van der Waals surface area contributed by atoms with Gasteiger partial charge in [-0.1, -0.05) is 66.7 Å². The minimum absolute atomic E-state index is 0.352. The zero-order valence-corrected chi connectivity index (χ0v) is 22.9. The van der Waals surface area contributed by atoms with Crippen molar-refractivity contribution in [2.75, 3.05) is 11.5 Å². The van der Waals surface area contributed by atoms with Gasteiger partial charge in [-0.05, 0) is 111 Å². The molecule has 2 rings (SSSR count). The first-order chi connectivity index (χ1) is 14.8. The van der Waals surface area contributed by atoms with Crippen LogP contribution in [0, 0.1) is 47.3 Å². The van der Waals surface area contributed by atoms with E-state index in [1.165, 1.54) is 88.6 Å². The predicted molar refractivity (Wildman–Crippen MR) is 143 cm³/mol. The topological polar surface area (TPSA) is 26.0 Å². The van der Waals surface area contributed by atoms with Crippen molar-refractivity contribution in [3.05, 3.63) is 0 Å². The maximum atomic E-state index is 6.42. The Morgan fingerprint density at radius 3 is 2.19 bits per heavy atom. The summed E-state index contributed by atoms with van der Waals surface area (Å²) in [4.78, 5) is 0. The highest BCUT2D eigenvalue weighted by molar-refractivity contribution is 7.99. The van der Waals surface area contributed by atoms with E-state index in [0.717, 1.165) is 47.3 Å². The molecule has 0 spiro atoms. The highest BCUT2D eigenvalue weighted by atomic mass is 32.2. The van der Waals surface area contributed by atoms with Gasteiger partial charge >= 0.3 is 0 Å². The normalized spacial score (nSPS) is 31.8. The minimum atomic E-state index is 0.352. The third-order valence-corrected chi connectivity index (χ3v) is 10.5. The molecule has 0 aromatic rings. The van der Waals surface area contributed by atoms with E-state index >= 15 is 0 Å². The van der Waals surface area contributed by atoms with Gasteiger partial charge in [0.1, 0.15) is 0 Å². The first-order valence-corrected chi connectivity index (χ1v) is 15.3. The Morgan fingerprint density at radius 1 is 0.871 bits per heavy atom. The summed E-state index contributed by atoms with van der Waals surface area (Å²) < 4.78 is 0. The Labute approximate surface area is 200 Å². The van der Waals surface area contributed by atoms with Crippen molar-refractivity contribution >= 4 is 11.8 Å². The number of hydrogen-bond donors (Lipinski definition) is 1. The van der Waals surface area contributed by atoms with Gasteiger partial charge in [-0.3, -0.25) is 0 Å². The molecule has 31 heavy (non-hydrogen) atoms. The van der Waals surface area contributed by atoms with Crippen LogP contribution in [0.1, 0.15) is 119 Å². The molecule has 0 aromatic heterocycles. The molecule has 0 aliphatic heterocycles. The van der Waals surface area contributed by atoms with Crippen molar-refractivity contribution in [2.24, 2.45) is 53.1 Å². The van der Waals surface area contributed by atoms with Crippen LogP contribution in [-0.2, 0) is 0 Å². The minimum Gasteiger partial charge on any atom is -0.328 e. The predicted octanol–water partition coefficient (Wildman–Crippen LogP) is 8.80. The fourth-order valence-corrected chi connectivity index (χ4v) is 7.99. The van der Waals surface area contributed by atoms with E-state index in [2.05, 4.69) is 53.3 Å². The molecule has 9 unspecified atom stereocenters. The van der Waals surface area contributed by atoms with E-state index < -0.39 is 0 Å². The summed E-state index contributed by atoms with van der Waals surface area (Å²) in [5, 5.41) is 0. The number of nitrogens with two attached hydrogens (primary N) is 1. The summed E-state index contributed by atoms with van der Waals surface area (Å²) in [6.07, 6.45) is 17.2. The molecule has 0 saturated heterocycles. The average Bonchev–Trinajstić information content (AvgIpc) is 3.18. The molecule has 0 radical (unpaired) electrons. The van der Waals surface area contributed by atoms with Gasteiger partial charge in [-0.15, -0.1) is 0 Å². The molecule has 2 fully saturated rings. The van der Waals surface area contributed by atoms with E-state index in [4.69, 9.17) is 5.73 Å². The summed E-state index contributed by atoms with van der Waals surface area (Å²) in [7, 11) is 0. The van der Waals surface area contributed by atoms with Crippen molar-refractivity contribution < 1.29 is 0 Å². The van der Waals surface area contributed by atoms with Crippen molar-refractivity contribution in [3.63, 3.8) is 0 Å². The number of hydrogen-bond acceptors (Lipinski definition) is 2. The van der Waals surface area contributed by atoms with Crippen molar-refractivity contribution in [2.45, 2.75) is 125 Å². The summed E-state index contributed by atoms with van der Waals surface area (Å²) >= 11 is 2.21. The lowest BCUT2D eigenvalue weighted by atomic mass is 9.69. The van der Waals surface area contributed by atoms with Crippen LogP contribution in [0.5, 0.6) is 0 Å². The lowest BCUT2D eigenvalue weighted by Crippen LogP contribution is -2.30. The SMILES string of the molecule is CCC(C)C(CCCSCCC(CC(C)C1CCC(C)C1)C(C)N)C1CCCC(C)C1. The molecule has 0 bridgehead atoms. The molecular weight excluding hydrogens is 394 g/mol. The second-order valence-corrected chi connectivity index (χ2v) is 13.4. The Kier molecular flexibility index (Phi) is 12.9. The van der Waals surface area contributed by atoms with Crippen molar-refractivity contribution in [1.82, 2.24) is 0 Å². The van der Waals surface area contributed by atoms with Gasteiger partial charge < -0.3 is 5.73 Å². The fourth-order valence-electron chi connectivity index (χ4n) is 6.95. The first kappa shape index (κ1) is 27.6. The Morgan fingerprint density at radius 2 is 1.58 bits per heavy atom. The maximum absolute atomic E-state index is 6.42. The summed E-state index contributed by atoms with van der Waals surface area (Å²) in [6.45, 7) is 14.6. The summed E-state index contributed by atoms with van der Waals surface area (Å²) in [5.74, 6) is 10.0. The van der Waals surface area contributed by atoms with Crippen LogP contribution in [0.15, 0.2) is 0 Å². The van der Waals surface area contributed by atoms with Crippen LogP contribution >= 0.6 is 11.8 Å². The highest BCUT2D eigenvalue weighted by Gasteiger charge is 2.30. The van der Waals surface area contributed by atoms with Crippen LogP contribution < -0.4 is 5.73 Å². The third kappa shape index (κ3) is 9.60. The van der Waals surface area contributed by atoms with Crippen LogP contribution in [0.4, 0.5) is 0 Å². The average molecular weight is 452 g/mol. The van der Waals surface area contributed by atoms with Gasteiger partial charge in [0, 0.05) is 6.04 Å². The van der Waals surface area contributed by atoms with Gasteiger partial charge in [0.05, 0.1) is 0 Å². The molecule has 2 N–H and O–H groups in total.